The molecule has 132 valence electrons. The van der Waals surface area contributed by atoms with Gasteiger partial charge in [0.2, 0.25) is 0 Å². The number of piperidine rings is 1. The molecule has 1 N–H and O–H groups in total. The third-order valence-corrected chi connectivity index (χ3v) is 4.83. The molecule has 0 aliphatic carbocycles. The second kappa shape index (κ2) is 6.84. The normalized spacial score (nSPS) is 15.4. The van der Waals surface area contributed by atoms with E-state index in [1.807, 2.05) is 0 Å². The van der Waals surface area contributed by atoms with Gasteiger partial charge < -0.3 is 10.0 Å². The van der Waals surface area contributed by atoms with Crippen molar-refractivity contribution in [2.75, 3.05) is 13.1 Å². The summed E-state index contributed by atoms with van der Waals surface area (Å²) in [5, 5.41) is 13.2. The quantitative estimate of drug-likeness (QED) is 0.906. The van der Waals surface area contributed by atoms with Crippen LogP contribution in [0.25, 0.3) is 0 Å². The van der Waals surface area contributed by atoms with Crippen molar-refractivity contribution in [3.8, 4) is 0 Å². The van der Waals surface area contributed by atoms with Crippen LogP contribution in [0.1, 0.15) is 45.3 Å². The lowest BCUT2D eigenvalue weighted by atomic mass is 10.0. The first-order chi connectivity index (χ1) is 11.9. The Morgan fingerprint density at radius 2 is 2.00 bits per heavy atom. The van der Waals surface area contributed by atoms with Gasteiger partial charge in [-0.1, -0.05) is 11.6 Å². The second-order valence-corrected chi connectivity index (χ2v) is 6.45. The molecule has 0 unspecified atom stereocenters. The summed E-state index contributed by atoms with van der Waals surface area (Å²) < 4.78 is 15.0. The van der Waals surface area contributed by atoms with E-state index in [4.69, 9.17) is 16.7 Å². The summed E-state index contributed by atoms with van der Waals surface area (Å²) in [6, 6.07) is 3.99. The smallest absolute Gasteiger partial charge is 0.339 e. The van der Waals surface area contributed by atoms with Crippen LogP contribution in [0.2, 0.25) is 5.02 Å². The molecular formula is C17H17ClFN3O3. The minimum Gasteiger partial charge on any atom is -0.478 e. The van der Waals surface area contributed by atoms with Gasteiger partial charge in [0.15, 0.2) is 0 Å². The third-order valence-electron chi connectivity index (χ3n) is 4.54. The number of carboxylic acid groups (broad SMARTS) is 1. The van der Waals surface area contributed by atoms with Crippen LogP contribution in [-0.2, 0) is 0 Å². The Bertz CT molecular complexity index is 829. The van der Waals surface area contributed by atoms with Crippen molar-refractivity contribution < 1.29 is 19.1 Å². The fraction of sp³-hybridized carbons (Fsp3) is 0.353. The van der Waals surface area contributed by atoms with Crippen LogP contribution in [0.3, 0.4) is 0 Å². The number of amides is 1. The molecule has 2 aromatic rings. The van der Waals surface area contributed by atoms with E-state index in [1.54, 1.807) is 16.5 Å². The van der Waals surface area contributed by atoms with Crippen LogP contribution < -0.4 is 0 Å². The maximum Gasteiger partial charge on any atom is 0.339 e. The second-order valence-electron chi connectivity index (χ2n) is 6.05. The highest BCUT2D eigenvalue weighted by Gasteiger charge is 2.27. The van der Waals surface area contributed by atoms with Gasteiger partial charge in [-0.15, -0.1) is 0 Å². The van der Waals surface area contributed by atoms with Gasteiger partial charge in [-0.3, -0.25) is 9.48 Å². The molecule has 1 aromatic carbocycles. The average Bonchev–Trinajstić information content (AvgIpc) is 2.98. The van der Waals surface area contributed by atoms with Crippen LogP contribution in [0.5, 0.6) is 0 Å². The number of carboxylic acids is 1. The first-order valence-electron chi connectivity index (χ1n) is 7.90. The number of benzene rings is 1. The van der Waals surface area contributed by atoms with Crippen molar-refractivity contribution in [2.24, 2.45) is 0 Å². The summed E-state index contributed by atoms with van der Waals surface area (Å²) in [7, 11) is 0. The summed E-state index contributed by atoms with van der Waals surface area (Å²) >= 11 is 5.74. The van der Waals surface area contributed by atoms with Crippen LogP contribution in [0.15, 0.2) is 24.4 Å². The molecule has 1 aromatic heterocycles. The van der Waals surface area contributed by atoms with E-state index in [9.17, 15) is 14.0 Å². The van der Waals surface area contributed by atoms with Gasteiger partial charge in [0.05, 0.1) is 23.0 Å². The Balaban J connectivity index is 1.68. The molecule has 6 nitrogen and oxygen atoms in total. The third kappa shape index (κ3) is 3.37. The van der Waals surface area contributed by atoms with E-state index in [-0.39, 0.29) is 22.5 Å². The van der Waals surface area contributed by atoms with Gasteiger partial charge >= 0.3 is 5.97 Å². The number of rotatable bonds is 3. The molecule has 8 heteroatoms. The molecule has 1 aliphatic rings. The van der Waals surface area contributed by atoms with E-state index in [2.05, 4.69) is 5.10 Å². The Labute approximate surface area is 148 Å². The number of aromatic nitrogens is 2. The van der Waals surface area contributed by atoms with E-state index in [0.29, 0.717) is 37.2 Å². The fourth-order valence-electron chi connectivity index (χ4n) is 3.13. The monoisotopic (exact) mass is 365 g/mol. The minimum absolute atomic E-state index is 0.0500. The van der Waals surface area contributed by atoms with Crippen LogP contribution in [0.4, 0.5) is 4.39 Å². The highest BCUT2D eigenvalue weighted by molar-refractivity contribution is 6.31. The van der Waals surface area contributed by atoms with E-state index in [0.717, 1.165) is 0 Å². The lowest BCUT2D eigenvalue weighted by Crippen LogP contribution is -2.39. The topological polar surface area (TPSA) is 75.4 Å². The molecule has 1 saturated heterocycles. The van der Waals surface area contributed by atoms with Crippen molar-refractivity contribution in [3.63, 3.8) is 0 Å². The van der Waals surface area contributed by atoms with Crippen molar-refractivity contribution in [1.82, 2.24) is 14.7 Å². The van der Waals surface area contributed by atoms with Crippen molar-refractivity contribution >= 4 is 23.5 Å². The number of carbonyl (C=O) groups excluding carboxylic acids is 1. The van der Waals surface area contributed by atoms with Gasteiger partial charge in [-0.05, 0) is 38.0 Å². The van der Waals surface area contributed by atoms with Gasteiger partial charge in [0.1, 0.15) is 11.4 Å². The molecular weight excluding hydrogens is 349 g/mol. The molecule has 0 radical (unpaired) electrons. The number of likely N-dealkylation sites (tertiary alicyclic amines) is 1. The Morgan fingerprint density at radius 1 is 1.32 bits per heavy atom. The van der Waals surface area contributed by atoms with E-state index >= 15 is 0 Å². The van der Waals surface area contributed by atoms with E-state index in [1.165, 1.54) is 24.4 Å². The first-order valence-corrected chi connectivity index (χ1v) is 8.28. The van der Waals surface area contributed by atoms with E-state index < -0.39 is 11.8 Å². The van der Waals surface area contributed by atoms with Crippen LogP contribution in [0, 0.1) is 12.7 Å². The zero-order valence-electron chi connectivity index (χ0n) is 13.6. The first kappa shape index (κ1) is 17.4. The highest BCUT2D eigenvalue weighted by atomic mass is 35.5. The SMILES string of the molecule is Cc1c(C(=O)O)cnn1C1CCN(C(=O)c2ccc(F)c(Cl)c2)CC1. The maximum absolute atomic E-state index is 13.2. The van der Waals surface area contributed by atoms with Crippen LogP contribution in [-0.4, -0.2) is 44.8 Å². The standard InChI is InChI=1S/C17H17ClFN3O3/c1-10-13(17(24)25)9-20-22(10)12-4-6-21(7-5-12)16(23)11-2-3-15(19)14(18)8-11/h2-3,8-9,12H,4-7H2,1H3,(H,24,25). The largest absolute Gasteiger partial charge is 0.478 e. The number of nitrogens with zero attached hydrogens (tertiary/aromatic N) is 3. The van der Waals surface area contributed by atoms with Crippen molar-refractivity contribution in [1.29, 1.82) is 0 Å². The van der Waals surface area contributed by atoms with Gasteiger partial charge in [-0.25, -0.2) is 9.18 Å². The lowest BCUT2D eigenvalue weighted by molar-refractivity contribution is 0.0688. The Morgan fingerprint density at radius 3 is 2.56 bits per heavy atom. The molecule has 0 spiro atoms. The maximum atomic E-state index is 13.2. The highest BCUT2D eigenvalue weighted by Crippen LogP contribution is 2.26. The number of halogens is 2. The molecule has 25 heavy (non-hydrogen) atoms. The summed E-state index contributed by atoms with van der Waals surface area (Å²) in [6.07, 6.45) is 2.69. The zero-order valence-corrected chi connectivity index (χ0v) is 14.3. The summed E-state index contributed by atoms with van der Waals surface area (Å²) in [4.78, 5) is 25.3. The molecule has 0 atom stereocenters. The minimum atomic E-state index is -0.996. The predicted molar refractivity (Wildman–Crippen MR) is 89.5 cm³/mol. The average molecular weight is 366 g/mol. The van der Waals surface area contributed by atoms with Gasteiger partial charge in [0, 0.05) is 18.7 Å². The molecule has 0 bridgehead atoms. The lowest BCUT2D eigenvalue weighted by Gasteiger charge is -2.32. The van der Waals surface area contributed by atoms with Gasteiger partial charge in [-0.2, -0.15) is 5.10 Å². The van der Waals surface area contributed by atoms with Crippen LogP contribution >= 0.6 is 11.6 Å². The molecule has 3 rings (SSSR count). The molecule has 2 heterocycles. The zero-order chi connectivity index (χ0) is 18.1. The fourth-order valence-corrected chi connectivity index (χ4v) is 3.31. The van der Waals surface area contributed by atoms with Crippen molar-refractivity contribution in [3.05, 3.63) is 52.1 Å². The predicted octanol–water partition coefficient (Wildman–Crippen LogP) is 3.16. The summed E-state index contributed by atoms with van der Waals surface area (Å²) in [5.41, 5.74) is 1.16. The Hall–Kier alpha value is -2.41. The number of aromatic carboxylic acids is 1. The summed E-state index contributed by atoms with van der Waals surface area (Å²) in [5.74, 6) is -1.74. The summed E-state index contributed by atoms with van der Waals surface area (Å²) in [6.45, 7) is 2.76. The van der Waals surface area contributed by atoms with Gasteiger partial charge in [0.25, 0.3) is 5.91 Å². The molecule has 1 fully saturated rings. The number of carbonyl (C=O) groups is 2. The molecule has 1 amide bonds. The Kier molecular flexibility index (Phi) is 4.76. The number of hydrogen-bond acceptors (Lipinski definition) is 3. The van der Waals surface area contributed by atoms with Crippen molar-refractivity contribution in [2.45, 2.75) is 25.8 Å². The molecule has 0 saturated carbocycles. The molecule has 1 aliphatic heterocycles. The number of hydrogen-bond donors (Lipinski definition) is 1.